The van der Waals surface area contributed by atoms with Gasteiger partial charge in [-0.2, -0.15) is 0 Å². The summed E-state index contributed by atoms with van der Waals surface area (Å²) >= 11 is 0. The summed E-state index contributed by atoms with van der Waals surface area (Å²) in [7, 11) is 0. The maximum Gasteiger partial charge on any atom is 0.328 e. The average Bonchev–Trinajstić information content (AvgIpc) is 2.47. The largest absolute Gasteiger partial charge is 0.464 e. The minimum atomic E-state index is -1.11. The molecular weight excluding hydrogens is 198 g/mol. The zero-order valence-electron chi connectivity index (χ0n) is 9.24. The van der Waals surface area contributed by atoms with Crippen LogP contribution in [0.3, 0.4) is 0 Å². The molecule has 1 rings (SSSR count). The smallest absolute Gasteiger partial charge is 0.328 e. The standard InChI is InChI=1S/C10H17NO4/c1-4-15-9(13)7-5-6(8(12)11-7)10(2,3)14/h6-7,14H,4-5H2,1-3H3,(H,11,12)/t6-,7+/m1/s1. The third-order valence-corrected chi connectivity index (χ3v) is 2.53. The predicted molar refractivity (Wildman–Crippen MR) is 53.0 cm³/mol. The van der Waals surface area contributed by atoms with Crippen LogP contribution in [0.4, 0.5) is 0 Å². The van der Waals surface area contributed by atoms with E-state index >= 15 is 0 Å². The van der Waals surface area contributed by atoms with E-state index in [2.05, 4.69) is 5.32 Å². The highest BCUT2D eigenvalue weighted by Crippen LogP contribution is 2.27. The Bertz CT molecular complexity index is 269. The van der Waals surface area contributed by atoms with Gasteiger partial charge in [0.15, 0.2) is 0 Å². The van der Waals surface area contributed by atoms with Gasteiger partial charge in [-0.25, -0.2) is 4.79 Å². The van der Waals surface area contributed by atoms with Gasteiger partial charge in [-0.1, -0.05) is 0 Å². The molecule has 0 bridgehead atoms. The number of amides is 1. The van der Waals surface area contributed by atoms with Crippen molar-refractivity contribution >= 4 is 11.9 Å². The van der Waals surface area contributed by atoms with Crippen molar-refractivity contribution < 1.29 is 19.4 Å². The summed E-state index contributed by atoms with van der Waals surface area (Å²) in [6, 6.07) is -0.617. The molecule has 0 aromatic heterocycles. The van der Waals surface area contributed by atoms with Crippen LogP contribution in [0, 0.1) is 5.92 Å². The number of ether oxygens (including phenoxy) is 1. The fraction of sp³-hybridized carbons (Fsp3) is 0.800. The van der Waals surface area contributed by atoms with Crippen molar-refractivity contribution in [3.63, 3.8) is 0 Å². The highest BCUT2D eigenvalue weighted by Gasteiger charge is 2.44. The number of esters is 1. The van der Waals surface area contributed by atoms with Gasteiger partial charge in [0.05, 0.1) is 18.1 Å². The minimum absolute atomic E-state index is 0.290. The number of hydrogen-bond acceptors (Lipinski definition) is 4. The molecule has 5 heteroatoms. The zero-order valence-corrected chi connectivity index (χ0v) is 9.24. The molecular formula is C10H17NO4. The third-order valence-electron chi connectivity index (χ3n) is 2.53. The average molecular weight is 215 g/mol. The van der Waals surface area contributed by atoms with E-state index in [1.807, 2.05) is 0 Å². The summed E-state index contributed by atoms with van der Waals surface area (Å²) in [5.74, 6) is -1.27. The Morgan fingerprint density at radius 3 is 2.67 bits per heavy atom. The van der Waals surface area contributed by atoms with Gasteiger partial charge in [0, 0.05) is 0 Å². The van der Waals surface area contributed by atoms with Gasteiger partial charge in [-0.05, 0) is 27.2 Å². The van der Waals surface area contributed by atoms with Crippen LogP contribution in [-0.2, 0) is 14.3 Å². The van der Waals surface area contributed by atoms with Crippen LogP contribution in [0.1, 0.15) is 27.2 Å². The van der Waals surface area contributed by atoms with Gasteiger partial charge in [-0.3, -0.25) is 4.79 Å². The molecule has 2 N–H and O–H groups in total. The maximum absolute atomic E-state index is 11.5. The van der Waals surface area contributed by atoms with Crippen LogP contribution in [0.15, 0.2) is 0 Å². The highest BCUT2D eigenvalue weighted by molar-refractivity contribution is 5.90. The van der Waals surface area contributed by atoms with Crippen molar-refractivity contribution in [2.24, 2.45) is 5.92 Å². The van der Waals surface area contributed by atoms with E-state index in [9.17, 15) is 14.7 Å². The molecule has 1 heterocycles. The molecule has 1 amide bonds. The molecule has 0 saturated carbocycles. The van der Waals surface area contributed by atoms with Gasteiger partial charge in [-0.15, -0.1) is 0 Å². The highest BCUT2D eigenvalue weighted by atomic mass is 16.5. The minimum Gasteiger partial charge on any atom is -0.464 e. The summed E-state index contributed by atoms with van der Waals surface area (Å²) in [6.45, 7) is 5.12. The van der Waals surface area contributed by atoms with E-state index in [1.54, 1.807) is 20.8 Å². The Kier molecular flexibility index (Phi) is 3.34. The molecule has 2 atom stereocenters. The fourth-order valence-corrected chi connectivity index (χ4v) is 1.68. The summed E-state index contributed by atoms with van der Waals surface area (Å²) in [5.41, 5.74) is -1.11. The quantitative estimate of drug-likeness (QED) is 0.641. The lowest BCUT2D eigenvalue weighted by molar-refractivity contribution is -0.145. The monoisotopic (exact) mass is 215 g/mol. The van der Waals surface area contributed by atoms with Crippen LogP contribution >= 0.6 is 0 Å². The van der Waals surface area contributed by atoms with E-state index < -0.39 is 23.5 Å². The topological polar surface area (TPSA) is 75.6 Å². The summed E-state index contributed by atoms with van der Waals surface area (Å²) in [5, 5.41) is 12.2. The van der Waals surface area contributed by atoms with Crippen molar-refractivity contribution in [3.05, 3.63) is 0 Å². The molecule has 0 unspecified atom stereocenters. The van der Waals surface area contributed by atoms with E-state index in [1.165, 1.54) is 0 Å². The van der Waals surface area contributed by atoms with Crippen molar-refractivity contribution in [1.82, 2.24) is 5.32 Å². The SMILES string of the molecule is CCOC(=O)[C@@H]1C[C@@H](C(C)(C)O)C(=O)N1. The fourth-order valence-electron chi connectivity index (χ4n) is 1.68. The molecule has 0 radical (unpaired) electrons. The first kappa shape index (κ1) is 12.0. The van der Waals surface area contributed by atoms with E-state index in [4.69, 9.17) is 4.74 Å². The predicted octanol–water partition coefficient (Wildman–Crippen LogP) is -0.175. The molecule has 5 nitrogen and oxygen atoms in total. The van der Waals surface area contributed by atoms with Gasteiger partial charge in [0.25, 0.3) is 0 Å². The number of carbonyl (C=O) groups is 2. The second-order valence-electron chi connectivity index (χ2n) is 4.26. The molecule has 1 aliphatic heterocycles. The number of nitrogens with one attached hydrogen (secondary N) is 1. The van der Waals surface area contributed by atoms with E-state index in [-0.39, 0.29) is 5.91 Å². The molecule has 0 aromatic carbocycles. The van der Waals surface area contributed by atoms with E-state index in [0.29, 0.717) is 13.0 Å². The Balaban J connectivity index is 2.64. The molecule has 0 spiro atoms. The first-order chi connectivity index (χ1) is 6.86. The normalized spacial score (nSPS) is 26.3. The van der Waals surface area contributed by atoms with Crippen molar-refractivity contribution in [2.45, 2.75) is 38.8 Å². The molecule has 86 valence electrons. The number of carbonyl (C=O) groups excluding carboxylic acids is 2. The van der Waals surface area contributed by atoms with Crippen LogP contribution < -0.4 is 5.32 Å². The zero-order chi connectivity index (χ0) is 11.6. The Labute approximate surface area is 88.8 Å². The third kappa shape index (κ3) is 2.68. The first-order valence-electron chi connectivity index (χ1n) is 5.05. The molecule has 1 fully saturated rings. The lowest BCUT2D eigenvalue weighted by Gasteiger charge is -2.22. The lowest BCUT2D eigenvalue weighted by Crippen LogP contribution is -2.37. The molecule has 0 aromatic rings. The maximum atomic E-state index is 11.5. The second-order valence-corrected chi connectivity index (χ2v) is 4.26. The van der Waals surface area contributed by atoms with Gasteiger partial charge >= 0.3 is 5.97 Å². The van der Waals surface area contributed by atoms with Crippen LogP contribution in [0.25, 0.3) is 0 Å². The lowest BCUT2D eigenvalue weighted by atomic mass is 9.88. The van der Waals surface area contributed by atoms with E-state index in [0.717, 1.165) is 0 Å². The molecule has 0 aliphatic carbocycles. The van der Waals surface area contributed by atoms with Crippen LogP contribution in [0.2, 0.25) is 0 Å². The summed E-state index contributed by atoms with van der Waals surface area (Å²) in [4.78, 5) is 22.8. The van der Waals surface area contributed by atoms with Crippen molar-refractivity contribution in [1.29, 1.82) is 0 Å². The second kappa shape index (κ2) is 4.18. The number of hydrogen-bond donors (Lipinski definition) is 2. The van der Waals surface area contributed by atoms with Crippen LogP contribution in [-0.4, -0.2) is 35.2 Å². The number of rotatable bonds is 3. The Morgan fingerprint density at radius 2 is 2.27 bits per heavy atom. The van der Waals surface area contributed by atoms with Gasteiger partial charge < -0.3 is 15.2 Å². The van der Waals surface area contributed by atoms with Gasteiger partial charge in [0.1, 0.15) is 6.04 Å². The first-order valence-corrected chi connectivity index (χ1v) is 5.05. The van der Waals surface area contributed by atoms with Gasteiger partial charge in [0.2, 0.25) is 5.91 Å². The van der Waals surface area contributed by atoms with Crippen molar-refractivity contribution in [2.75, 3.05) is 6.61 Å². The number of aliphatic hydroxyl groups is 1. The molecule has 1 aliphatic rings. The molecule has 1 saturated heterocycles. The Morgan fingerprint density at radius 1 is 1.67 bits per heavy atom. The Hall–Kier alpha value is -1.10. The molecule has 15 heavy (non-hydrogen) atoms. The summed E-state index contributed by atoms with van der Waals surface area (Å²) < 4.78 is 4.80. The van der Waals surface area contributed by atoms with Crippen LogP contribution in [0.5, 0.6) is 0 Å². The summed E-state index contributed by atoms with van der Waals surface area (Å²) in [6.07, 6.45) is 0.293. The van der Waals surface area contributed by atoms with Crippen molar-refractivity contribution in [3.8, 4) is 0 Å².